The van der Waals surface area contributed by atoms with Crippen molar-refractivity contribution in [3.8, 4) is 5.75 Å². The quantitative estimate of drug-likeness (QED) is 0.572. The number of thioether (sulfide) groups is 1. The van der Waals surface area contributed by atoms with E-state index in [1.54, 1.807) is 6.07 Å². The minimum absolute atomic E-state index is 0.108. The predicted molar refractivity (Wildman–Crippen MR) is 71.4 cm³/mol. The lowest BCUT2D eigenvalue weighted by molar-refractivity contribution is -0.385. The van der Waals surface area contributed by atoms with Crippen LogP contribution < -0.4 is 10.5 Å². The van der Waals surface area contributed by atoms with Crippen molar-refractivity contribution in [2.45, 2.75) is 11.8 Å². The summed E-state index contributed by atoms with van der Waals surface area (Å²) < 4.78 is 4.89. The summed E-state index contributed by atoms with van der Waals surface area (Å²) in [6.45, 7) is 0. The van der Waals surface area contributed by atoms with Crippen LogP contribution in [0.5, 0.6) is 5.75 Å². The van der Waals surface area contributed by atoms with Gasteiger partial charge < -0.3 is 15.6 Å². The van der Waals surface area contributed by atoms with Crippen molar-refractivity contribution in [3.05, 3.63) is 33.9 Å². The van der Waals surface area contributed by atoms with Crippen molar-refractivity contribution in [3.63, 3.8) is 0 Å². The SMILES string of the molecule is COc1ccc(CSCC(N)C(=O)O)cc1[N+](=O)[O-]. The highest BCUT2D eigenvalue weighted by atomic mass is 32.2. The van der Waals surface area contributed by atoms with Gasteiger partial charge in [0.05, 0.1) is 12.0 Å². The average Bonchev–Trinajstić information content (AvgIpc) is 2.38. The molecule has 8 heteroatoms. The molecule has 0 aliphatic carbocycles. The summed E-state index contributed by atoms with van der Waals surface area (Å²) >= 11 is 1.31. The number of hydrogen-bond donors (Lipinski definition) is 2. The Morgan fingerprint density at radius 1 is 1.63 bits per heavy atom. The largest absolute Gasteiger partial charge is 0.490 e. The number of carboxylic acids is 1. The van der Waals surface area contributed by atoms with Crippen LogP contribution in [-0.4, -0.2) is 34.9 Å². The van der Waals surface area contributed by atoms with E-state index >= 15 is 0 Å². The first-order valence-corrected chi connectivity index (χ1v) is 6.48. The number of ether oxygens (including phenoxy) is 1. The van der Waals surface area contributed by atoms with Crippen molar-refractivity contribution in [2.24, 2.45) is 5.73 Å². The second-order valence-electron chi connectivity index (χ2n) is 3.72. The molecular formula is C11H14N2O5S. The molecule has 3 N–H and O–H groups in total. The third-order valence-electron chi connectivity index (χ3n) is 2.32. The lowest BCUT2D eigenvalue weighted by Crippen LogP contribution is -2.32. The number of benzene rings is 1. The standard InChI is InChI=1S/C11H14N2O5S/c1-18-10-3-2-7(4-9(10)13(16)17)5-19-6-8(12)11(14)15/h2-4,8H,5-6,12H2,1H3,(H,14,15). The molecule has 1 aromatic rings. The molecule has 0 saturated carbocycles. The molecule has 19 heavy (non-hydrogen) atoms. The zero-order valence-electron chi connectivity index (χ0n) is 10.2. The Hall–Kier alpha value is -1.80. The van der Waals surface area contributed by atoms with Crippen LogP contribution in [0.2, 0.25) is 0 Å². The van der Waals surface area contributed by atoms with Crippen LogP contribution in [-0.2, 0) is 10.5 Å². The first-order valence-electron chi connectivity index (χ1n) is 5.33. The number of carbonyl (C=O) groups is 1. The fourth-order valence-corrected chi connectivity index (χ4v) is 2.27. The summed E-state index contributed by atoms with van der Waals surface area (Å²) in [6, 6.07) is 3.70. The van der Waals surface area contributed by atoms with Crippen LogP contribution in [0, 0.1) is 10.1 Å². The fourth-order valence-electron chi connectivity index (χ4n) is 1.34. The Bertz CT molecular complexity index is 480. The van der Waals surface area contributed by atoms with Crippen LogP contribution >= 0.6 is 11.8 Å². The minimum Gasteiger partial charge on any atom is -0.490 e. The lowest BCUT2D eigenvalue weighted by Gasteiger charge is -2.07. The molecule has 0 aromatic heterocycles. The second kappa shape index (κ2) is 6.95. The zero-order valence-corrected chi connectivity index (χ0v) is 11.1. The molecule has 0 heterocycles. The van der Waals surface area contributed by atoms with Crippen LogP contribution in [0.4, 0.5) is 5.69 Å². The van der Waals surface area contributed by atoms with E-state index in [2.05, 4.69) is 0 Å². The minimum atomic E-state index is -1.06. The second-order valence-corrected chi connectivity index (χ2v) is 4.75. The monoisotopic (exact) mass is 286 g/mol. The van der Waals surface area contributed by atoms with Gasteiger partial charge in [-0.25, -0.2) is 0 Å². The Labute approximate surface area is 113 Å². The van der Waals surface area contributed by atoms with Gasteiger partial charge >= 0.3 is 11.7 Å². The number of methoxy groups -OCH3 is 1. The van der Waals surface area contributed by atoms with Crippen LogP contribution in [0.3, 0.4) is 0 Å². The molecule has 0 bridgehead atoms. The Morgan fingerprint density at radius 2 is 2.32 bits per heavy atom. The number of nitrogens with zero attached hydrogens (tertiary/aromatic N) is 1. The zero-order chi connectivity index (χ0) is 14.4. The van der Waals surface area contributed by atoms with E-state index < -0.39 is 16.9 Å². The van der Waals surface area contributed by atoms with E-state index in [1.165, 1.54) is 31.0 Å². The van der Waals surface area contributed by atoms with Crippen molar-refractivity contribution in [1.29, 1.82) is 0 Å². The summed E-state index contributed by atoms with van der Waals surface area (Å²) in [5, 5.41) is 19.4. The van der Waals surface area contributed by atoms with Gasteiger partial charge in [-0.15, -0.1) is 0 Å². The number of aliphatic carboxylic acids is 1. The maximum Gasteiger partial charge on any atom is 0.321 e. The van der Waals surface area contributed by atoms with Gasteiger partial charge in [0, 0.05) is 17.6 Å². The van der Waals surface area contributed by atoms with Crippen LogP contribution in [0.15, 0.2) is 18.2 Å². The molecular weight excluding hydrogens is 272 g/mol. The van der Waals surface area contributed by atoms with Gasteiger partial charge in [-0.2, -0.15) is 11.8 Å². The molecule has 0 aliphatic heterocycles. The van der Waals surface area contributed by atoms with E-state index in [4.69, 9.17) is 15.6 Å². The summed E-state index contributed by atoms with van der Waals surface area (Å²) in [6.07, 6.45) is 0. The highest BCUT2D eigenvalue weighted by Crippen LogP contribution is 2.28. The number of rotatable bonds is 7. The molecule has 0 saturated heterocycles. The topological polar surface area (TPSA) is 116 Å². The predicted octanol–water partition coefficient (Wildman–Crippen LogP) is 1.25. The van der Waals surface area contributed by atoms with Gasteiger partial charge in [0.1, 0.15) is 6.04 Å². The van der Waals surface area contributed by atoms with E-state index in [0.29, 0.717) is 5.75 Å². The van der Waals surface area contributed by atoms with E-state index in [1.807, 2.05) is 0 Å². The van der Waals surface area contributed by atoms with Gasteiger partial charge in [0.15, 0.2) is 5.75 Å². The number of nitro benzene ring substituents is 1. The molecule has 104 valence electrons. The third kappa shape index (κ3) is 4.42. The number of nitro groups is 1. The average molecular weight is 286 g/mol. The molecule has 0 aliphatic rings. The van der Waals surface area contributed by atoms with Crippen molar-refractivity contribution in [1.82, 2.24) is 0 Å². The lowest BCUT2D eigenvalue weighted by atomic mass is 10.2. The van der Waals surface area contributed by atoms with E-state index in [-0.39, 0.29) is 17.2 Å². The molecule has 0 amide bonds. The summed E-state index contributed by atoms with van der Waals surface area (Å²) in [4.78, 5) is 20.8. The number of carboxylic acid groups (broad SMARTS) is 1. The van der Waals surface area contributed by atoms with Gasteiger partial charge in [-0.05, 0) is 11.6 Å². The van der Waals surface area contributed by atoms with Crippen molar-refractivity contribution < 1.29 is 19.6 Å². The van der Waals surface area contributed by atoms with Crippen molar-refractivity contribution in [2.75, 3.05) is 12.9 Å². The molecule has 1 aromatic carbocycles. The first kappa shape index (κ1) is 15.3. The molecule has 7 nitrogen and oxygen atoms in total. The summed E-state index contributed by atoms with van der Waals surface area (Å²) in [7, 11) is 1.36. The van der Waals surface area contributed by atoms with Crippen molar-refractivity contribution >= 4 is 23.4 Å². The maximum atomic E-state index is 10.8. The molecule has 0 radical (unpaired) electrons. The van der Waals surface area contributed by atoms with E-state index in [0.717, 1.165) is 5.56 Å². The molecule has 0 fully saturated rings. The molecule has 1 unspecified atom stereocenters. The van der Waals surface area contributed by atoms with Gasteiger partial charge in [-0.3, -0.25) is 14.9 Å². The normalized spacial score (nSPS) is 11.9. The molecule has 1 rings (SSSR count). The van der Waals surface area contributed by atoms with Gasteiger partial charge in [-0.1, -0.05) is 6.07 Å². The molecule has 1 atom stereocenters. The van der Waals surface area contributed by atoms with Crippen LogP contribution in [0.1, 0.15) is 5.56 Å². The first-order chi connectivity index (χ1) is 8.95. The maximum absolute atomic E-state index is 10.8. The Balaban J connectivity index is 2.67. The molecule has 0 spiro atoms. The third-order valence-corrected chi connectivity index (χ3v) is 3.46. The van der Waals surface area contributed by atoms with Crippen LogP contribution in [0.25, 0.3) is 0 Å². The summed E-state index contributed by atoms with van der Waals surface area (Å²) in [5.41, 5.74) is 5.97. The Kier molecular flexibility index (Phi) is 5.58. The number of nitrogens with two attached hydrogens (primary N) is 1. The van der Waals surface area contributed by atoms with Gasteiger partial charge in [0.2, 0.25) is 0 Å². The number of hydrogen-bond acceptors (Lipinski definition) is 6. The summed E-state index contributed by atoms with van der Waals surface area (Å²) in [5.74, 6) is -0.171. The Morgan fingerprint density at radius 3 is 2.84 bits per heavy atom. The van der Waals surface area contributed by atoms with E-state index in [9.17, 15) is 14.9 Å². The highest BCUT2D eigenvalue weighted by Gasteiger charge is 2.16. The van der Waals surface area contributed by atoms with Gasteiger partial charge in [0.25, 0.3) is 0 Å². The highest BCUT2D eigenvalue weighted by molar-refractivity contribution is 7.98. The smallest absolute Gasteiger partial charge is 0.321 e. The fraction of sp³-hybridized carbons (Fsp3) is 0.364.